The standard InChI is InChI=1S/C24H25NO3Si/c1-24(2,3)29(19-10-6-4-7-11-19,20-12-8-5-9-13-20)27-17-18-14-15-21-22(16-18)28-23(26)25-21/h4-16H,17H2,1-3H3,(H,25,26). The van der Waals surface area contributed by atoms with E-state index in [4.69, 9.17) is 8.84 Å². The van der Waals surface area contributed by atoms with E-state index in [1.807, 2.05) is 30.3 Å². The molecule has 0 aliphatic rings. The maximum absolute atomic E-state index is 11.5. The molecule has 1 heterocycles. The van der Waals surface area contributed by atoms with Crippen molar-refractivity contribution in [1.82, 2.24) is 4.98 Å². The third-order valence-electron chi connectivity index (χ3n) is 5.36. The van der Waals surface area contributed by atoms with Crippen LogP contribution in [0.1, 0.15) is 26.3 Å². The number of fused-ring (bicyclic) bond motifs is 1. The number of H-pyrrole nitrogens is 1. The number of rotatable bonds is 5. The lowest BCUT2D eigenvalue weighted by atomic mass is 10.2. The highest BCUT2D eigenvalue weighted by molar-refractivity contribution is 6.99. The average molecular weight is 404 g/mol. The van der Waals surface area contributed by atoms with Crippen LogP contribution in [0.4, 0.5) is 0 Å². The fraction of sp³-hybridized carbons (Fsp3) is 0.208. The van der Waals surface area contributed by atoms with Crippen molar-refractivity contribution in [2.24, 2.45) is 0 Å². The highest BCUT2D eigenvalue weighted by atomic mass is 28.4. The minimum Gasteiger partial charge on any atom is -0.408 e. The molecule has 148 valence electrons. The Kier molecular flexibility index (Phi) is 5.02. The van der Waals surface area contributed by atoms with Gasteiger partial charge in [0.1, 0.15) is 0 Å². The molecule has 5 heteroatoms. The Balaban J connectivity index is 1.80. The van der Waals surface area contributed by atoms with Gasteiger partial charge in [0, 0.05) is 0 Å². The third kappa shape index (κ3) is 3.59. The molecule has 4 aromatic rings. The number of hydrogen-bond acceptors (Lipinski definition) is 3. The quantitative estimate of drug-likeness (QED) is 0.508. The summed E-state index contributed by atoms with van der Waals surface area (Å²) in [5, 5.41) is 2.40. The SMILES string of the molecule is CC(C)(C)[Si](OCc1ccc2[nH]c(=O)oc2c1)(c1ccccc1)c1ccccc1. The second kappa shape index (κ2) is 7.50. The molecule has 0 amide bonds. The van der Waals surface area contributed by atoms with Crippen molar-refractivity contribution in [3.63, 3.8) is 0 Å². The smallest absolute Gasteiger partial charge is 0.408 e. The highest BCUT2D eigenvalue weighted by Crippen LogP contribution is 2.37. The second-order valence-electron chi connectivity index (χ2n) is 8.30. The van der Waals surface area contributed by atoms with Crippen molar-refractivity contribution in [3.05, 3.63) is 95.0 Å². The van der Waals surface area contributed by atoms with E-state index in [2.05, 4.69) is 74.3 Å². The zero-order valence-corrected chi connectivity index (χ0v) is 17.9. The van der Waals surface area contributed by atoms with Crippen LogP contribution < -0.4 is 16.1 Å². The molecule has 0 spiro atoms. The zero-order chi connectivity index (χ0) is 20.5. The van der Waals surface area contributed by atoms with Gasteiger partial charge in [0.2, 0.25) is 0 Å². The molecule has 0 fully saturated rings. The molecule has 0 bridgehead atoms. The molecule has 1 N–H and O–H groups in total. The monoisotopic (exact) mass is 403 g/mol. The van der Waals surface area contributed by atoms with E-state index in [-0.39, 0.29) is 5.04 Å². The first-order valence-corrected chi connectivity index (χ1v) is 11.7. The molecule has 0 saturated carbocycles. The van der Waals surface area contributed by atoms with E-state index >= 15 is 0 Å². The molecule has 0 aliphatic carbocycles. The van der Waals surface area contributed by atoms with E-state index in [1.165, 1.54) is 10.4 Å². The number of nitrogens with one attached hydrogen (secondary N) is 1. The molecular formula is C24H25NO3Si. The van der Waals surface area contributed by atoms with Crippen molar-refractivity contribution < 1.29 is 8.84 Å². The summed E-state index contributed by atoms with van der Waals surface area (Å²) in [4.78, 5) is 14.2. The minimum absolute atomic E-state index is 0.0829. The summed E-state index contributed by atoms with van der Waals surface area (Å²) in [5.74, 6) is -0.440. The van der Waals surface area contributed by atoms with Gasteiger partial charge in [0.05, 0.1) is 12.1 Å². The van der Waals surface area contributed by atoms with Crippen LogP contribution in [-0.4, -0.2) is 13.3 Å². The lowest BCUT2D eigenvalue weighted by molar-refractivity contribution is 0.286. The first kappa shape index (κ1) is 19.4. The van der Waals surface area contributed by atoms with Crippen LogP contribution in [0.5, 0.6) is 0 Å². The molecule has 4 nitrogen and oxygen atoms in total. The number of aromatic amines is 1. The fourth-order valence-electron chi connectivity index (χ4n) is 4.03. The highest BCUT2D eigenvalue weighted by Gasteiger charge is 2.50. The van der Waals surface area contributed by atoms with Crippen LogP contribution in [0.2, 0.25) is 5.04 Å². The van der Waals surface area contributed by atoms with Gasteiger partial charge in [-0.1, -0.05) is 87.5 Å². The third-order valence-corrected chi connectivity index (χ3v) is 10.3. The van der Waals surface area contributed by atoms with Gasteiger partial charge in [0.15, 0.2) is 5.58 Å². The zero-order valence-electron chi connectivity index (χ0n) is 16.9. The van der Waals surface area contributed by atoms with Gasteiger partial charge in [-0.3, -0.25) is 4.98 Å². The lowest BCUT2D eigenvalue weighted by Gasteiger charge is -2.43. The van der Waals surface area contributed by atoms with Gasteiger partial charge in [-0.05, 0) is 33.1 Å². The number of hydrogen-bond donors (Lipinski definition) is 1. The van der Waals surface area contributed by atoms with Crippen LogP contribution in [-0.2, 0) is 11.0 Å². The summed E-state index contributed by atoms with van der Waals surface area (Å²) in [6.07, 6.45) is 0. The van der Waals surface area contributed by atoms with E-state index in [9.17, 15) is 4.79 Å². The Labute approximate surface area is 171 Å². The summed E-state index contributed by atoms with van der Waals surface area (Å²) in [6, 6.07) is 26.8. The number of oxazole rings is 1. The Morgan fingerprint density at radius 3 is 2.03 bits per heavy atom. The first-order chi connectivity index (χ1) is 13.9. The predicted octanol–water partition coefficient (Wildman–Crippen LogP) is 4.20. The molecule has 0 aliphatic heterocycles. The summed E-state index contributed by atoms with van der Waals surface area (Å²) < 4.78 is 12.1. The molecule has 3 aromatic carbocycles. The molecule has 1 aromatic heterocycles. The van der Waals surface area contributed by atoms with Gasteiger partial charge in [-0.15, -0.1) is 0 Å². The van der Waals surface area contributed by atoms with Crippen LogP contribution in [0.3, 0.4) is 0 Å². The van der Waals surface area contributed by atoms with Gasteiger partial charge >= 0.3 is 5.76 Å². The molecular weight excluding hydrogens is 378 g/mol. The maximum Gasteiger partial charge on any atom is 0.417 e. The molecule has 0 radical (unpaired) electrons. The maximum atomic E-state index is 11.5. The summed E-state index contributed by atoms with van der Waals surface area (Å²) in [6.45, 7) is 7.22. The minimum atomic E-state index is -2.59. The van der Waals surface area contributed by atoms with Crippen molar-refractivity contribution in [3.8, 4) is 0 Å². The number of aromatic nitrogens is 1. The first-order valence-electron chi connectivity index (χ1n) is 9.77. The Bertz CT molecular complexity index is 1120. The predicted molar refractivity (Wildman–Crippen MR) is 119 cm³/mol. The fourth-order valence-corrected chi connectivity index (χ4v) is 8.57. The van der Waals surface area contributed by atoms with Crippen LogP contribution in [0.15, 0.2) is 88.1 Å². The van der Waals surface area contributed by atoms with E-state index in [1.54, 1.807) is 0 Å². The van der Waals surface area contributed by atoms with Gasteiger partial charge in [-0.2, -0.15) is 0 Å². The number of benzene rings is 3. The molecule has 0 unspecified atom stereocenters. The lowest BCUT2D eigenvalue weighted by Crippen LogP contribution is -2.66. The Morgan fingerprint density at radius 1 is 0.897 bits per heavy atom. The van der Waals surface area contributed by atoms with E-state index in [0.717, 1.165) is 5.56 Å². The Morgan fingerprint density at radius 2 is 1.48 bits per heavy atom. The molecule has 0 atom stereocenters. The van der Waals surface area contributed by atoms with Gasteiger partial charge in [-0.25, -0.2) is 4.79 Å². The van der Waals surface area contributed by atoms with Gasteiger partial charge < -0.3 is 8.84 Å². The van der Waals surface area contributed by atoms with Crippen LogP contribution >= 0.6 is 0 Å². The Hall–Kier alpha value is -2.89. The second-order valence-corrected chi connectivity index (χ2v) is 12.6. The average Bonchev–Trinajstić information content (AvgIpc) is 3.08. The van der Waals surface area contributed by atoms with Crippen molar-refractivity contribution in [1.29, 1.82) is 0 Å². The summed E-state index contributed by atoms with van der Waals surface area (Å²) in [5.41, 5.74) is 2.23. The normalized spacial score (nSPS) is 12.4. The summed E-state index contributed by atoms with van der Waals surface area (Å²) in [7, 11) is -2.59. The van der Waals surface area contributed by atoms with Crippen molar-refractivity contribution >= 4 is 29.8 Å². The molecule has 0 saturated heterocycles. The van der Waals surface area contributed by atoms with E-state index < -0.39 is 14.1 Å². The van der Waals surface area contributed by atoms with Crippen LogP contribution in [0.25, 0.3) is 11.1 Å². The van der Waals surface area contributed by atoms with Gasteiger partial charge in [0.25, 0.3) is 8.32 Å². The van der Waals surface area contributed by atoms with Crippen molar-refractivity contribution in [2.45, 2.75) is 32.4 Å². The largest absolute Gasteiger partial charge is 0.417 e. The van der Waals surface area contributed by atoms with Crippen LogP contribution in [0, 0.1) is 0 Å². The topological polar surface area (TPSA) is 55.2 Å². The van der Waals surface area contributed by atoms with E-state index in [0.29, 0.717) is 17.7 Å². The van der Waals surface area contributed by atoms with Crippen molar-refractivity contribution in [2.75, 3.05) is 0 Å². The molecule has 29 heavy (non-hydrogen) atoms. The summed E-state index contributed by atoms with van der Waals surface area (Å²) >= 11 is 0. The molecule has 4 rings (SSSR count).